The molecular weight excluding hydrogens is 364 g/mol. The van der Waals surface area contributed by atoms with E-state index in [1.807, 2.05) is 0 Å². The van der Waals surface area contributed by atoms with Gasteiger partial charge in [0.05, 0.1) is 0 Å². The normalized spacial score (nSPS) is 22.1. The van der Waals surface area contributed by atoms with Crippen molar-refractivity contribution in [2.75, 3.05) is 6.61 Å². The van der Waals surface area contributed by atoms with Crippen LogP contribution < -0.4 is 0 Å². The van der Waals surface area contributed by atoms with Crippen LogP contribution in [0.3, 0.4) is 0 Å². The molecule has 0 amide bonds. The molecule has 5 rings (SSSR count). The summed E-state index contributed by atoms with van der Waals surface area (Å²) in [5, 5.41) is 12.4. The number of benzene rings is 3. The van der Waals surface area contributed by atoms with Crippen molar-refractivity contribution in [3.8, 4) is 11.1 Å². The minimum Gasteiger partial charge on any atom is -0.396 e. The Kier molecular flexibility index (Phi) is 4.98. The zero-order valence-corrected chi connectivity index (χ0v) is 18.7. The lowest BCUT2D eigenvalue weighted by atomic mass is 9.67. The van der Waals surface area contributed by atoms with Gasteiger partial charge in [0.15, 0.2) is 0 Å². The number of hydrogen-bond acceptors (Lipinski definition) is 1. The predicted octanol–water partition coefficient (Wildman–Crippen LogP) is 7.36. The number of aryl methyl sites for hydroxylation is 1. The number of rotatable bonds is 4. The Morgan fingerprint density at radius 1 is 0.900 bits per heavy atom. The number of aliphatic hydroxyl groups excluding tert-OH is 1. The summed E-state index contributed by atoms with van der Waals surface area (Å²) in [5.74, 6) is 1.15. The lowest BCUT2D eigenvalue weighted by Gasteiger charge is -2.37. The van der Waals surface area contributed by atoms with Crippen LogP contribution in [0.15, 0.2) is 48.5 Å². The van der Waals surface area contributed by atoms with Gasteiger partial charge >= 0.3 is 0 Å². The van der Waals surface area contributed by atoms with E-state index in [4.69, 9.17) is 0 Å². The minimum absolute atomic E-state index is 0.00495. The van der Waals surface area contributed by atoms with Crippen molar-refractivity contribution in [2.45, 2.75) is 70.6 Å². The lowest BCUT2D eigenvalue weighted by Crippen LogP contribution is -2.24. The van der Waals surface area contributed by atoms with Crippen molar-refractivity contribution in [1.82, 2.24) is 0 Å². The Bertz CT molecular complexity index is 1080. The molecule has 1 N–H and O–H groups in total. The van der Waals surface area contributed by atoms with E-state index in [9.17, 15) is 5.11 Å². The van der Waals surface area contributed by atoms with Crippen LogP contribution in [0.25, 0.3) is 21.9 Å². The van der Waals surface area contributed by atoms with Crippen molar-refractivity contribution >= 4 is 10.8 Å². The fraction of sp³-hybridized carbons (Fsp3) is 0.448. The lowest BCUT2D eigenvalue weighted by molar-refractivity contribution is 0.182. The predicted molar refractivity (Wildman–Crippen MR) is 127 cm³/mol. The molecule has 0 aliphatic heterocycles. The zero-order chi connectivity index (χ0) is 20.9. The summed E-state index contributed by atoms with van der Waals surface area (Å²) in [6.07, 6.45) is 7.05. The van der Waals surface area contributed by atoms with E-state index in [0.717, 1.165) is 19.3 Å². The first-order valence-electron chi connectivity index (χ1n) is 11.8. The molecule has 0 radical (unpaired) electrons. The fourth-order valence-electron chi connectivity index (χ4n) is 6.09. The molecule has 2 aliphatic carbocycles. The standard InChI is InChI=1S/C29H34O/c1-4-6-21-13-16-25-24-15-14-22(20-11-9-19(18-30)10-12-20)17-27(24)29(2,3)26-8-5-7-23(21)28(25)26/h5,7-8,13-17,19-20,30H,4,6,9-12,18H2,1-3H3. The largest absolute Gasteiger partial charge is 0.396 e. The summed E-state index contributed by atoms with van der Waals surface area (Å²) in [7, 11) is 0. The van der Waals surface area contributed by atoms with Gasteiger partial charge in [-0.25, -0.2) is 0 Å². The van der Waals surface area contributed by atoms with E-state index in [1.165, 1.54) is 63.4 Å². The van der Waals surface area contributed by atoms with Gasteiger partial charge in [-0.1, -0.05) is 75.7 Å². The van der Waals surface area contributed by atoms with Crippen LogP contribution in [0.4, 0.5) is 0 Å². The van der Waals surface area contributed by atoms with E-state index in [1.54, 1.807) is 0 Å². The molecule has 1 nitrogen and oxygen atoms in total. The summed E-state index contributed by atoms with van der Waals surface area (Å²) in [6.45, 7) is 7.43. The summed E-state index contributed by atoms with van der Waals surface area (Å²) >= 11 is 0. The van der Waals surface area contributed by atoms with Gasteiger partial charge in [0.25, 0.3) is 0 Å². The third-order valence-corrected chi connectivity index (χ3v) is 7.91. The molecule has 1 fully saturated rings. The van der Waals surface area contributed by atoms with Crippen LogP contribution in [-0.4, -0.2) is 11.7 Å². The highest BCUT2D eigenvalue weighted by Crippen LogP contribution is 2.50. The first kappa shape index (κ1) is 19.8. The summed E-state index contributed by atoms with van der Waals surface area (Å²) in [6, 6.07) is 19.0. The van der Waals surface area contributed by atoms with Gasteiger partial charge in [-0.05, 0) is 88.1 Å². The average Bonchev–Trinajstić information content (AvgIpc) is 2.78. The van der Waals surface area contributed by atoms with Gasteiger partial charge in [0.1, 0.15) is 0 Å². The molecule has 3 aromatic carbocycles. The van der Waals surface area contributed by atoms with Crippen LogP contribution in [0.1, 0.15) is 81.0 Å². The molecule has 0 unspecified atom stereocenters. The van der Waals surface area contributed by atoms with Crippen LogP contribution >= 0.6 is 0 Å². The van der Waals surface area contributed by atoms with Gasteiger partial charge in [-0.3, -0.25) is 0 Å². The van der Waals surface area contributed by atoms with Gasteiger partial charge in [-0.2, -0.15) is 0 Å². The summed E-state index contributed by atoms with van der Waals surface area (Å²) in [5.41, 5.74) is 8.76. The molecule has 0 saturated heterocycles. The van der Waals surface area contributed by atoms with Gasteiger partial charge in [0, 0.05) is 12.0 Å². The Morgan fingerprint density at radius 2 is 1.67 bits per heavy atom. The molecular formula is C29H34O. The molecule has 2 aliphatic rings. The molecule has 0 aromatic heterocycles. The first-order chi connectivity index (χ1) is 14.5. The molecule has 0 spiro atoms. The van der Waals surface area contributed by atoms with Crippen molar-refractivity contribution in [1.29, 1.82) is 0 Å². The highest BCUT2D eigenvalue weighted by Gasteiger charge is 2.34. The smallest absolute Gasteiger partial charge is 0.0459 e. The SMILES string of the molecule is CCCc1ccc2c3c(cccc13)C(C)(C)c1cc(C3CCC(CO)CC3)ccc1-2. The van der Waals surface area contributed by atoms with Gasteiger partial charge < -0.3 is 5.11 Å². The molecule has 0 atom stereocenters. The second kappa shape index (κ2) is 7.54. The second-order valence-corrected chi connectivity index (χ2v) is 10.1. The maximum atomic E-state index is 9.49. The fourth-order valence-corrected chi connectivity index (χ4v) is 6.09. The van der Waals surface area contributed by atoms with Crippen LogP contribution in [0.2, 0.25) is 0 Å². The number of aliphatic hydroxyl groups is 1. The van der Waals surface area contributed by atoms with E-state index in [2.05, 4.69) is 69.3 Å². The minimum atomic E-state index is 0.00495. The van der Waals surface area contributed by atoms with Crippen molar-refractivity contribution in [3.63, 3.8) is 0 Å². The second-order valence-electron chi connectivity index (χ2n) is 10.1. The summed E-state index contributed by atoms with van der Waals surface area (Å²) in [4.78, 5) is 0. The molecule has 0 heterocycles. The van der Waals surface area contributed by atoms with Crippen LogP contribution in [-0.2, 0) is 11.8 Å². The molecule has 0 bridgehead atoms. The highest BCUT2D eigenvalue weighted by atomic mass is 16.3. The average molecular weight is 399 g/mol. The van der Waals surface area contributed by atoms with Crippen molar-refractivity contribution < 1.29 is 5.11 Å². The molecule has 3 aromatic rings. The highest BCUT2D eigenvalue weighted by molar-refractivity contribution is 6.04. The first-order valence-corrected chi connectivity index (χ1v) is 11.8. The molecule has 30 heavy (non-hydrogen) atoms. The topological polar surface area (TPSA) is 20.2 Å². The van der Waals surface area contributed by atoms with Crippen molar-refractivity contribution in [3.05, 3.63) is 70.8 Å². The third-order valence-electron chi connectivity index (χ3n) is 7.91. The van der Waals surface area contributed by atoms with E-state index in [0.29, 0.717) is 18.4 Å². The quantitative estimate of drug-likeness (QED) is 0.486. The monoisotopic (exact) mass is 398 g/mol. The van der Waals surface area contributed by atoms with Crippen LogP contribution in [0, 0.1) is 5.92 Å². The van der Waals surface area contributed by atoms with Gasteiger partial charge in [0.2, 0.25) is 0 Å². The van der Waals surface area contributed by atoms with Gasteiger partial charge in [-0.15, -0.1) is 0 Å². The number of fused-ring (bicyclic) bond motifs is 2. The summed E-state index contributed by atoms with van der Waals surface area (Å²) < 4.78 is 0. The Balaban J connectivity index is 1.64. The Hall–Kier alpha value is -2.12. The maximum Gasteiger partial charge on any atom is 0.0459 e. The molecule has 156 valence electrons. The van der Waals surface area contributed by atoms with E-state index in [-0.39, 0.29) is 5.41 Å². The third kappa shape index (κ3) is 3.02. The van der Waals surface area contributed by atoms with Crippen molar-refractivity contribution in [2.24, 2.45) is 5.92 Å². The van der Waals surface area contributed by atoms with Crippen LogP contribution in [0.5, 0.6) is 0 Å². The van der Waals surface area contributed by atoms with E-state index < -0.39 is 0 Å². The number of hydrogen-bond donors (Lipinski definition) is 1. The molecule has 1 saturated carbocycles. The van der Waals surface area contributed by atoms with E-state index >= 15 is 0 Å². The Morgan fingerprint density at radius 3 is 2.40 bits per heavy atom. The molecule has 1 heteroatoms. The maximum absolute atomic E-state index is 9.49. The zero-order valence-electron chi connectivity index (χ0n) is 18.7. The Labute approximate surface area is 181 Å².